The van der Waals surface area contributed by atoms with Crippen LogP contribution in [-0.2, 0) is 17.6 Å². The summed E-state index contributed by atoms with van der Waals surface area (Å²) in [4.78, 5) is 12.1. The molecule has 4 nitrogen and oxygen atoms in total. The summed E-state index contributed by atoms with van der Waals surface area (Å²) in [7, 11) is 0. The Morgan fingerprint density at radius 3 is 3.25 bits per heavy atom. The summed E-state index contributed by atoms with van der Waals surface area (Å²) in [5.41, 5.74) is 3.19. The molecule has 1 amide bonds. The van der Waals surface area contributed by atoms with E-state index in [0.717, 1.165) is 30.5 Å². The van der Waals surface area contributed by atoms with Gasteiger partial charge in [0.25, 0.3) is 0 Å². The topological polar surface area (TPSA) is 57.8 Å². The fourth-order valence-corrected chi connectivity index (χ4v) is 2.90. The second kappa shape index (κ2) is 5.67. The number of H-pyrrole nitrogens is 1. The van der Waals surface area contributed by atoms with E-state index in [0.29, 0.717) is 11.4 Å². The molecule has 1 unspecified atom stereocenters. The van der Waals surface area contributed by atoms with Gasteiger partial charge in [-0.15, -0.1) is 0 Å². The van der Waals surface area contributed by atoms with Gasteiger partial charge in [0.05, 0.1) is 24.4 Å². The van der Waals surface area contributed by atoms with Crippen LogP contribution in [0.3, 0.4) is 0 Å². The van der Waals surface area contributed by atoms with E-state index in [2.05, 4.69) is 15.5 Å². The van der Waals surface area contributed by atoms with E-state index in [9.17, 15) is 4.79 Å². The molecular formula is C15H16ClN3O. The summed E-state index contributed by atoms with van der Waals surface area (Å²) < 4.78 is 0. The van der Waals surface area contributed by atoms with Crippen molar-refractivity contribution in [3.63, 3.8) is 0 Å². The molecule has 1 aliphatic rings. The second-order valence-electron chi connectivity index (χ2n) is 5.13. The summed E-state index contributed by atoms with van der Waals surface area (Å²) in [6.45, 7) is 0. The zero-order valence-corrected chi connectivity index (χ0v) is 11.8. The minimum Gasteiger partial charge on any atom is -0.347 e. The molecule has 1 aliphatic carbocycles. The summed E-state index contributed by atoms with van der Waals surface area (Å²) >= 11 is 5.93. The number of hydrogen-bond donors (Lipinski definition) is 2. The van der Waals surface area contributed by atoms with Crippen molar-refractivity contribution in [3.05, 3.63) is 52.3 Å². The number of halogens is 1. The number of rotatable bonds is 3. The minimum atomic E-state index is 0.0136. The van der Waals surface area contributed by atoms with Crippen molar-refractivity contribution in [1.29, 1.82) is 0 Å². The lowest BCUT2D eigenvalue weighted by atomic mass is 9.93. The molecule has 0 saturated carbocycles. The highest BCUT2D eigenvalue weighted by atomic mass is 35.5. The Labute approximate surface area is 122 Å². The molecule has 0 radical (unpaired) electrons. The van der Waals surface area contributed by atoms with E-state index in [-0.39, 0.29) is 11.9 Å². The molecule has 0 aliphatic heterocycles. The third-order valence-electron chi connectivity index (χ3n) is 3.63. The van der Waals surface area contributed by atoms with Gasteiger partial charge in [-0.05, 0) is 42.5 Å². The standard InChI is InChI=1S/C15H16ClN3O/c16-12-5-1-3-10(7-12)8-14(20)18-13-6-2-4-11-9-17-19-15(11)13/h1,3,5,7,9,13H,2,4,6,8H2,(H,17,19)(H,18,20). The van der Waals surface area contributed by atoms with Gasteiger partial charge in [0.15, 0.2) is 0 Å². The molecule has 20 heavy (non-hydrogen) atoms. The number of carbonyl (C=O) groups excluding carboxylic acids is 1. The van der Waals surface area contributed by atoms with Crippen molar-refractivity contribution < 1.29 is 4.79 Å². The number of carbonyl (C=O) groups is 1. The minimum absolute atomic E-state index is 0.0136. The molecule has 1 atom stereocenters. The van der Waals surface area contributed by atoms with Crippen LogP contribution in [0.5, 0.6) is 0 Å². The highest BCUT2D eigenvalue weighted by Crippen LogP contribution is 2.27. The van der Waals surface area contributed by atoms with Crippen LogP contribution in [-0.4, -0.2) is 16.1 Å². The fourth-order valence-electron chi connectivity index (χ4n) is 2.69. The monoisotopic (exact) mass is 289 g/mol. The number of fused-ring (bicyclic) bond motifs is 1. The Bertz CT molecular complexity index is 623. The molecule has 104 valence electrons. The van der Waals surface area contributed by atoms with Crippen LogP contribution >= 0.6 is 11.6 Å². The highest BCUT2D eigenvalue weighted by Gasteiger charge is 2.23. The third kappa shape index (κ3) is 2.85. The number of aromatic nitrogens is 2. The third-order valence-corrected chi connectivity index (χ3v) is 3.86. The molecule has 2 aromatic rings. The van der Waals surface area contributed by atoms with E-state index >= 15 is 0 Å². The lowest BCUT2D eigenvalue weighted by molar-refractivity contribution is -0.121. The smallest absolute Gasteiger partial charge is 0.224 e. The summed E-state index contributed by atoms with van der Waals surface area (Å²) in [6.07, 6.45) is 5.27. The maximum atomic E-state index is 12.1. The van der Waals surface area contributed by atoms with Crippen LogP contribution in [0.15, 0.2) is 30.5 Å². The maximum Gasteiger partial charge on any atom is 0.224 e. The van der Waals surface area contributed by atoms with E-state index in [1.54, 1.807) is 6.07 Å². The molecule has 0 bridgehead atoms. The highest BCUT2D eigenvalue weighted by molar-refractivity contribution is 6.30. The Morgan fingerprint density at radius 2 is 2.40 bits per heavy atom. The molecule has 5 heteroatoms. The second-order valence-corrected chi connectivity index (χ2v) is 5.56. The molecule has 1 aromatic carbocycles. The Morgan fingerprint density at radius 1 is 1.50 bits per heavy atom. The van der Waals surface area contributed by atoms with Gasteiger partial charge in [-0.2, -0.15) is 5.10 Å². The Balaban J connectivity index is 1.66. The van der Waals surface area contributed by atoms with Crippen molar-refractivity contribution in [1.82, 2.24) is 15.5 Å². The van der Waals surface area contributed by atoms with Gasteiger partial charge >= 0.3 is 0 Å². The maximum absolute atomic E-state index is 12.1. The van der Waals surface area contributed by atoms with Gasteiger partial charge < -0.3 is 5.32 Å². The van der Waals surface area contributed by atoms with Gasteiger partial charge in [-0.3, -0.25) is 9.89 Å². The molecular weight excluding hydrogens is 274 g/mol. The van der Waals surface area contributed by atoms with Crippen LogP contribution in [0.1, 0.15) is 35.7 Å². The van der Waals surface area contributed by atoms with E-state index in [4.69, 9.17) is 11.6 Å². The number of nitrogens with one attached hydrogen (secondary N) is 2. The van der Waals surface area contributed by atoms with Crippen LogP contribution in [0.4, 0.5) is 0 Å². The van der Waals surface area contributed by atoms with Gasteiger partial charge in [0.1, 0.15) is 0 Å². The fraction of sp³-hybridized carbons (Fsp3) is 0.333. The number of aromatic amines is 1. The molecule has 2 N–H and O–H groups in total. The van der Waals surface area contributed by atoms with Crippen molar-refractivity contribution in [2.24, 2.45) is 0 Å². The van der Waals surface area contributed by atoms with E-state index in [1.807, 2.05) is 24.4 Å². The lowest BCUT2D eigenvalue weighted by Gasteiger charge is -2.22. The molecule has 3 rings (SSSR count). The van der Waals surface area contributed by atoms with Gasteiger partial charge in [-0.25, -0.2) is 0 Å². The van der Waals surface area contributed by atoms with Crippen LogP contribution in [0.2, 0.25) is 5.02 Å². The summed E-state index contributed by atoms with van der Waals surface area (Å²) in [6, 6.07) is 7.45. The number of benzene rings is 1. The van der Waals surface area contributed by atoms with Crippen molar-refractivity contribution in [2.45, 2.75) is 31.7 Å². The normalized spacial score (nSPS) is 17.6. The predicted molar refractivity (Wildman–Crippen MR) is 77.6 cm³/mol. The van der Waals surface area contributed by atoms with E-state index < -0.39 is 0 Å². The summed E-state index contributed by atoms with van der Waals surface area (Å²) in [5.74, 6) is 0.0136. The first-order chi connectivity index (χ1) is 9.72. The molecule has 1 aromatic heterocycles. The number of nitrogens with zero attached hydrogens (tertiary/aromatic N) is 1. The van der Waals surface area contributed by atoms with Gasteiger partial charge in [0, 0.05) is 5.02 Å². The number of aryl methyl sites for hydroxylation is 1. The van der Waals surface area contributed by atoms with Crippen LogP contribution in [0, 0.1) is 0 Å². The first-order valence-corrected chi connectivity index (χ1v) is 7.16. The van der Waals surface area contributed by atoms with Crippen molar-refractivity contribution in [2.75, 3.05) is 0 Å². The van der Waals surface area contributed by atoms with Crippen LogP contribution < -0.4 is 5.32 Å². The largest absolute Gasteiger partial charge is 0.347 e. The van der Waals surface area contributed by atoms with Crippen molar-refractivity contribution in [3.8, 4) is 0 Å². The zero-order valence-electron chi connectivity index (χ0n) is 11.0. The molecule has 0 fully saturated rings. The van der Waals surface area contributed by atoms with Crippen molar-refractivity contribution >= 4 is 17.5 Å². The molecule has 0 saturated heterocycles. The molecule has 0 spiro atoms. The average molecular weight is 290 g/mol. The Hall–Kier alpha value is -1.81. The lowest BCUT2D eigenvalue weighted by Crippen LogP contribution is -2.32. The predicted octanol–water partition coefficient (Wildman–Crippen LogP) is 2.80. The first kappa shape index (κ1) is 13.2. The average Bonchev–Trinajstić information content (AvgIpc) is 2.88. The van der Waals surface area contributed by atoms with Gasteiger partial charge in [-0.1, -0.05) is 23.7 Å². The molecule has 1 heterocycles. The zero-order chi connectivity index (χ0) is 13.9. The van der Waals surface area contributed by atoms with Crippen LogP contribution in [0.25, 0.3) is 0 Å². The first-order valence-electron chi connectivity index (χ1n) is 6.78. The number of hydrogen-bond acceptors (Lipinski definition) is 2. The Kier molecular flexibility index (Phi) is 3.74. The van der Waals surface area contributed by atoms with E-state index in [1.165, 1.54) is 5.56 Å². The quantitative estimate of drug-likeness (QED) is 0.913. The van der Waals surface area contributed by atoms with Gasteiger partial charge in [0.2, 0.25) is 5.91 Å². The summed E-state index contributed by atoms with van der Waals surface area (Å²) in [5, 5.41) is 10.8. The SMILES string of the molecule is O=C(Cc1cccc(Cl)c1)NC1CCCc2cn[nH]c21. The number of amides is 1.